The number of H-pyrrole nitrogens is 1. The number of hydrogen-bond acceptors (Lipinski definition) is 6. The molecule has 0 bridgehead atoms. The normalized spacial score (nSPS) is 17.0. The second kappa shape index (κ2) is 12.0. The Balaban J connectivity index is 1.51. The van der Waals surface area contributed by atoms with Crippen molar-refractivity contribution in [3.63, 3.8) is 0 Å². The first-order chi connectivity index (χ1) is 20.0. The van der Waals surface area contributed by atoms with Crippen LogP contribution in [0.3, 0.4) is 0 Å². The highest BCUT2D eigenvalue weighted by atomic mass is 32.2. The molecule has 0 radical (unpaired) electrons. The van der Waals surface area contributed by atoms with Gasteiger partial charge in [-0.2, -0.15) is 4.72 Å². The Morgan fingerprint density at radius 2 is 1.62 bits per heavy atom. The van der Waals surface area contributed by atoms with E-state index in [1.54, 1.807) is 19.3 Å². The summed E-state index contributed by atoms with van der Waals surface area (Å²) >= 11 is 0. The number of nitrogens with zero attached hydrogens (tertiary/aromatic N) is 1. The molecular formula is C31H36N4O5S2. The Morgan fingerprint density at radius 1 is 0.952 bits per heavy atom. The van der Waals surface area contributed by atoms with E-state index >= 15 is 0 Å². The van der Waals surface area contributed by atoms with Crippen LogP contribution in [0.1, 0.15) is 56.3 Å². The number of carbonyl (C=O) groups is 1. The summed E-state index contributed by atoms with van der Waals surface area (Å²) in [6.45, 7) is 1.59. The number of hydrogen-bond donors (Lipinski definition) is 3. The fourth-order valence-corrected chi connectivity index (χ4v) is 7.80. The van der Waals surface area contributed by atoms with E-state index in [9.17, 15) is 21.6 Å². The van der Waals surface area contributed by atoms with Crippen LogP contribution >= 0.6 is 0 Å². The van der Waals surface area contributed by atoms with Gasteiger partial charge in [0.05, 0.1) is 21.5 Å². The molecule has 4 aromatic rings. The Bertz CT molecular complexity index is 1760. The summed E-state index contributed by atoms with van der Waals surface area (Å²) in [5, 5.41) is 4.08. The zero-order valence-electron chi connectivity index (χ0n) is 23.7. The highest BCUT2D eigenvalue weighted by Gasteiger charge is 2.41. The molecule has 1 aliphatic rings. The van der Waals surface area contributed by atoms with Gasteiger partial charge in [-0.15, -0.1) is 0 Å². The van der Waals surface area contributed by atoms with Gasteiger partial charge in [-0.1, -0.05) is 43.5 Å². The number of para-hydroxylation sites is 1. The van der Waals surface area contributed by atoms with Crippen molar-refractivity contribution in [1.82, 2.24) is 20.0 Å². The summed E-state index contributed by atoms with van der Waals surface area (Å²) in [7, 11) is -7.75. The third kappa shape index (κ3) is 6.58. The van der Waals surface area contributed by atoms with Crippen LogP contribution in [0.2, 0.25) is 0 Å². The van der Waals surface area contributed by atoms with Gasteiger partial charge in [0.1, 0.15) is 5.54 Å². The molecule has 1 saturated carbocycles. The molecule has 2 heterocycles. The topological polar surface area (TPSA) is 138 Å². The van der Waals surface area contributed by atoms with Crippen LogP contribution in [0, 0.1) is 5.92 Å². The van der Waals surface area contributed by atoms with Gasteiger partial charge in [0.15, 0.2) is 9.84 Å². The van der Waals surface area contributed by atoms with Crippen molar-refractivity contribution in [3.8, 4) is 0 Å². The molecule has 5 rings (SSSR count). The molecular weight excluding hydrogens is 572 g/mol. The van der Waals surface area contributed by atoms with Crippen LogP contribution in [-0.2, 0) is 31.1 Å². The van der Waals surface area contributed by atoms with E-state index < -0.39 is 31.3 Å². The highest BCUT2D eigenvalue weighted by Crippen LogP contribution is 2.35. The van der Waals surface area contributed by atoms with Gasteiger partial charge in [-0.3, -0.25) is 9.78 Å². The maximum Gasteiger partial charge on any atom is 0.241 e. The van der Waals surface area contributed by atoms with Gasteiger partial charge >= 0.3 is 0 Å². The first-order valence-electron chi connectivity index (χ1n) is 14.1. The lowest BCUT2D eigenvalue weighted by Crippen LogP contribution is -2.59. The molecule has 0 saturated heterocycles. The van der Waals surface area contributed by atoms with Gasteiger partial charge in [-0.05, 0) is 73.7 Å². The summed E-state index contributed by atoms with van der Waals surface area (Å²) in [5.74, 6) is -0.291. The summed E-state index contributed by atoms with van der Waals surface area (Å²) in [6.07, 6.45) is 9.78. The summed E-state index contributed by atoms with van der Waals surface area (Å²) in [5.41, 5.74) is 0.806. The maximum absolute atomic E-state index is 14.3. The van der Waals surface area contributed by atoms with Gasteiger partial charge < -0.3 is 10.3 Å². The van der Waals surface area contributed by atoms with E-state index in [2.05, 4.69) is 20.0 Å². The molecule has 1 fully saturated rings. The standard InChI is InChI=1S/C31H36N4O5S2/c1-31(20-23-21-33-27-13-7-6-12-26(23)27,35-42(39,40)25-17-15-24(16-18-25)41(2,37)38)30(36)34-29(22-10-4-3-5-11-22)28-14-8-9-19-32-28/h6-9,12-19,21-22,29,33,35H,3-5,10-11,20H2,1-2H3,(H,34,36). The number of rotatable bonds is 10. The quantitative estimate of drug-likeness (QED) is 0.239. The Labute approximate surface area is 247 Å². The Hall–Kier alpha value is -3.54. The van der Waals surface area contributed by atoms with E-state index in [4.69, 9.17) is 0 Å². The maximum atomic E-state index is 14.3. The SMILES string of the molecule is CC(Cc1c[nH]c2ccccc12)(NS(=O)(=O)c1ccc(S(C)(=O)=O)cc1)C(=O)NC(c1ccccn1)C1CCCCC1. The van der Waals surface area contributed by atoms with Crippen LogP contribution in [0.15, 0.2) is 88.9 Å². The van der Waals surface area contributed by atoms with Crippen molar-refractivity contribution >= 4 is 36.7 Å². The smallest absolute Gasteiger partial charge is 0.241 e. The zero-order chi connectivity index (χ0) is 30.0. The van der Waals surface area contributed by atoms with Crippen molar-refractivity contribution in [2.75, 3.05) is 6.26 Å². The molecule has 1 amide bonds. The minimum absolute atomic E-state index is 0.00596. The fourth-order valence-electron chi connectivity index (χ4n) is 5.80. The monoisotopic (exact) mass is 608 g/mol. The summed E-state index contributed by atoms with van der Waals surface area (Å²) < 4.78 is 53.9. The van der Waals surface area contributed by atoms with Crippen molar-refractivity contribution in [1.29, 1.82) is 0 Å². The van der Waals surface area contributed by atoms with Crippen LogP contribution in [0.5, 0.6) is 0 Å². The molecule has 2 atom stereocenters. The van der Waals surface area contributed by atoms with Crippen molar-refractivity contribution < 1.29 is 21.6 Å². The van der Waals surface area contributed by atoms with Crippen LogP contribution < -0.4 is 10.0 Å². The molecule has 11 heteroatoms. The third-order valence-electron chi connectivity index (χ3n) is 8.06. The number of carbonyl (C=O) groups excluding carboxylic acids is 1. The number of benzene rings is 2. The van der Waals surface area contributed by atoms with Crippen LogP contribution in [0.4, 0.5) is 0 Å². The minimum Gasteiger partial charge on any atom is -0.361 e. The van der Waals surface area contributed by atoms with E-state index in [0.29, 0.717) is 0 Å². The molecule has 2 aromatic heterocycles. The predicted molar refractivity (Wildman–Crippen MR) is 162 cm³/mol. The van der Waals surface area contributed by atoms with Crippen molar-refractivity contribution in [2.45, 2.75) is 66.8 Å². The predicted octanol–water partition coefficient (Wildman–Crippen LogP) is 4.68. The van der Waals surface area contributed by atoms with E-state index in [0.717, 1.165) is 60.5 Å². The average molecular weight is 609 g/mol. The van der Waals surface area contributed by atoms with Crippen molar-refractivity contribution in [3.05, 3.63) is 90.4 Å². The number of amides is 1. The van der Waals surface area contributed by atoms with Crippen LogP contribution in [0.25, 0.3) is 10.9 Å². The average Bonchev–Trinajstić information content (AvgIpc) is 3.38. The second-order valence-corrected chi connectivity index (χ2v) is 15.0. The number of pyridine rings is 1. The van der Waals surface area contributed by atoms with Gasteiger partial charge in [-0.25, -0.2) is 16.8 Å². The number of aromatic amines is 1. The van der Waals surface area contributed by atoms with Gasteiger partial charge in [0.25, 0.3) is 0 Å². The Kier molecular flexibility index (Phi) is 8.54. The molecule has 42 heavy (non-hydrogen) atoms. The molecule has 2 unspecified atom stereocenters. The number of nitrogens with one attached hydrogen (secondary N) is 3. The lowest BCUT2D eigenvalue weighted by Gasteiger charge is -2.35. The van der Waals surface area contributed by atoms with E-state index in [1.807, 2.05) is 42.5 Å². The number of sulfonamides is 1. The molecule has 9 nitrogen and oxygen atoms in total. The number of sulfone groups is 1. The summed E-state index contributed by atoms with van der Waals surface area (Å²) in [4.78, 5) is 21.9. The number of aromatic nitrogens is 2. The zero-order valence-corrected chi connectivity index (χ0v) is 25.3. The fraction of sp³-hybridized carbons (Fsp3) is 0.355. The van der Waals surface area contributed by atoms with Gasteiger partial charge in [0.2, 0.25) is 15.9 Å². The molecule has 0 spiro atoms. The molecule has 1 aliphatic carbocycles. The van der Waals surface area contributed by atoms with E-state index in [-0.39, 0.29) is 28.2 Å². The summed E-state index contributed by atoms with van der Waals surface area (Å²) in [6, 6.07) is 17.9. The number of fused-ring (bicyclic) bond motifs is 1. The third-order valence-corrected chi connectivity index (χ3v) is 10.8. The van der Waals surface area contributed by atoms with Gasteiger partial charge in [0, 0.05) is 36.0 Å². The molecule has 222 valence electrons. The van der Waals surface area contributed by atoms with Crippen LogP contribution in [-0.4, -0.2) is 44.5 Å². The lowest BCUT2D eigenvalue weighted by molar-refractivity contribution is -0.127. The largest absolute Gasteiger partial charge is 0.361 e. The van der Waals surface area contributed by atoms with E-state index in [1.165, 1.54) is 24.3 Å². The Morgan fingerprint density at radius 3 is 2.29 bits per heavy atom. The first kappa shape index (κ1) is 29.9. The first-order valence-corrected chi connectivity index (χ1v) is 17.4. The highest BCUT2D eigenvalue weighted by molar-refractivity contribution is 7.90. The molecule has 0 aliphatic heterocycles. The second-order valence-electron chi connectivity index (χ2n) is 11.3. The molecule has 3 N–H and O–H groups in total. The molecule has 2 aromatic carbocycles. The lowest BCUT2D eigenvalue weighted by atomic mass is 9.82. The minimum atomic E-state index is -4.24. The van der Waals surface area contributed by atoms with Crippen molar-refractivity contribution in [2.24, 2.45) is 5.92 Å².